The van der Waals surface area contributed by atoms with Gasteiger partial charge in [0, 0.05) is 18.3 Å². The van der Waals surface area contributed by atoms with E-state index in [1.165, 1.54) is 10.5 Å². The van der Waals surface area contributed by atoms with Crippen molar-refractivity contribution >= 4 is 17.5 Å². The summed E-state index contributed by atoms with van der Waals surface area (Å²) in [5.41, 5.74) is 3.05. The number of nitrogens with zero attached hydrogens (tertiary/aromatic N) is 1. The van der Waals surface area contributed by atoms with E-state index < -0.39 is 0 Å². The van der Waals surface area contributed by atoms with Crippen molar-refractivity contribution in [3.63, 3.8) is 0 Å². The van der Waals surface area contributed by atoms with Crippen LogP contribution in [-0.2, 0) is 16.1 Å². The highest BCUT2D eigenvalue weighted by molar-refractivity contribution is 5.94. The third-order valence-corrected chi connectivity index (χ3v) is 4.53. The van der Waals surface area contributed by atoms with E-state index in [2.05, 4.69) is 17.4 Å². The highest BCUT2D eigenvalue weighted by Crippen LogP contribution is 2.08. The van der Waals surface area contributed by atoms with Gasteiger partial charge in [0.2, 0.25) is 5.91 Å². The number of carbonyl (C=O) groups excluding carboxylic acids is 2. The number of aryl methyl sites for hydroxylation is 1. The summed E-state index contributed by atoms with van der Waals surface area (Å²) in [5.74, 6) is -0.241. The molecule has 0 fully saturated rings. The first-order valence-corrected chi connectivity index (χ1v) is 8.84. The van der Waals surface area contributed by atoms with Crippen molar-refractivity contribution in [2.75, 3.05) is 26.0 Å². The van der Waals surface area contributed by atoms with Gasteiger partial charge in [-0.3, -0.25) is 9.59 Å². The molecule has 5 heteroatoms. The quantitative estimate of drug-likeness (QED) is 0.792. The lowest BCUT2D eigenvalue weighted by atomic mass is 10.2. The van der Waals surface area contributed by atoms with Crippen molar-refractivity contribution in [3.05, 3.63) is 65.7 Å². The zero-order valence-electron chi connectivity index (χ0n) is 16.0. The number of amides is 2. The maximum atomic E-state index is 12.6. The van der Waals surface area contributed by atoms with E-state index in [0.29, 0.717) is 0 Å². The maximum Gasteiger partial charge on any atom is 0.280 e. The molecule has 0 bridgehead atoms. The second-order valence-corrected chi connectivity index (χ2v) is 6.84. The van der Waals surface area contributed by atoms with E-state index in [9.17, 15) is 9.59 Å². The number of hydrogen-bond acceptors (Lipinski definition) is 2. The molecule has 2 atom stereocenters. The Bertz CT molecular complexity index is 729. The Morgan fingerprint density at radius 1 is 1.08 bits per heavy atom. The summed E-state index contributed by atoms with van der Waals surface area (Å²) < 4.78 is 0. The van der Waals surface area contributed by atoms with Crippen LogP contribution in [0, 0.1) is 6.92 Å². The molecule has 0 radical (unpaired) electrons. The monoisotopic (exact) mass is 354 g/mol. The van der Waals surface area contributed by atoms with Gasteiger partial charge in [-0.25, -0.2) is 0 Å². The van der Waals surface area contributed by atoms with E-state index in [1.807, 2.05) is 63.4 Å². The molecule has 5 nitrogen and oxygen atoms in total. The average molecular weight is 354 g/mol. The van der Waals surface area contributed by atoms with Gasteiger partial charge in [-0.05, 0) is 26.0 Å². The van der Waals surface area contributed by atoms with Gasteiger partial charge in [0.1, 0.15) is 6.54 Å². The summed E-state index contributed by atoms with van der Waals surface area (Å²) in [5, 5.41) is 2.82. The number of rotatable bonds is 7. The van der Waals surface area contributed by atoms with Gasteiger partial charge in [-0.15, -0.1) is 0 Å². The number of carbonyl (C=O) groups is 2. The van der Waals surface area contributed by atoms with E-state index in [1.54, 1.807) is 7.05 Å². The molecule has 2 rings (SSSR count). The first kappa shape index (κ1) is 19.7. The van der Waals surface area contributed by atoms with Crippen molar-refractivity contribution in [2.45, 2.75) is 26.4 Å². The first-order chi connectivity index (χ1) is 12.4. The number of likely N-dealkylation sites (N-methyl/N-ethyl adjacent to an activating group) is 2. The lowest BCUT2D eigenvalue weighted by Crippen LogP contribution is -3.12. The third kappa shape index (κ3) is 5.70. The van der Waals surface area contributed by atoms with Crippen LogP contribution < -0.4 is 10.2 Å². The Morgan fingerprint density at radius 2 is 1.69 bits per heavy atom. The topological polar surface area (TPSA) is 53.9 Å². The predicted octanol–water partition coefficient (Wildman–Crippen LogP) is 1.50. The van der Waals surface area contributed by atoms with Crippen LogP contribution in [0.2, 0.25) is 0 Å². The van der Waals surface area contributed by atoms with Crippen molar-refractivity contribution in [1.82, 2.24) is 4.90 Å². The van der Waals surface area contributed by atoms with Crippen molar-refractivity contribution in [1.29, 1.82) is 0 Å². The summed E-state index contributed by atoms with van der Waals surface area (Å²) in [6.45, 7) is 4.69. The Labute approximate surface area is 155 Å². The number of benzene rings is 2. The molecule has 2 N–H and O–H groups in total. The minimum atomic E-state index is -0.229. The van der Waals surface area contributed by atoms with Crippen LogP contribution >= 0.6 is 0 Å². The molecule has 2 amide bonds. The van der Waals surface area contributed by atoms with Crippen LogP contribution in [0.1, 0.15) is 18.1 Å². The Morgan fingerprint density at radius 3 is 2.31 bits per heavy atom. The zero-order chi connectivity index (χ0) is 19.1. The molecule has 138 valence electrons. The van der Waals surface area contributed by atoms with Gasteiger partial charge in [0.05, 0.1) is 13.6 Å². The van der Waals surface area contributed by atoms with Crippen LogP contribution in [0.25, 0.3) is 0 Å². The van der Waals surface area contributed by atoms with Gasteiger partial charge >= 0.3 is 0 Å². The molecule has 0 aliphatic carbocycles. The smallest absolute Gasteiger partial charge is 0.280 e. The Hall–Kier alpha value is -2.66. The van der Waals surface area contributed by atoms with Crippen LogP contribution in [-0.4, -0.2) is 43.4 Å². The standard InChI is InChI=1S/C21H27N3O2/c1-16-10-12-19(13-11-16)22-20(25)15-24(4)21(26)17(2)23(3)14-18-8-6-5-7-9-18/h5-13,17H,14-15H2,1-4H3,(H,22,25)/p+1/t17-/m1/s1. The molecule has 0 aliphatic rings. The molecule has 2 aromatic carbocycles. The second kappa shape index (κ2) is 9.15. The van der Waals surface area contributed by atoms with Crippen molar-refractivity contribution in [2.24, 2.45) is 0 Å². The molecule has 0 saturated heterocycles. The van der Waals surface area contributed by atoms with E-state index in [0.717, 1.165) is 22.7 Å². The van der Waals surface area contributed by atoms with E-state index in [-0.39, 0.29) is 24.4 Å². The molecule has 0 spiro atoms. The fourth-order valence-electron chi connectivity index (χ4n) is 2.74. The summed E-state index contributed by atoms with van der Waals surface area (Å²) in [4.78, 5) is 27.4. The minimum absolute atomic E-state index is 0.0374. The predicted molar refractivity (Wildman–Crippen MR) is 104 cm³/mol. The lowest BCUT2D eigenvalue weighted by Gasteiger charge is -2.25. The third-order valence-electron chi connectivity index (χ3n) is 4.53. The molecule has 0 aromatic heterocycles. The molecule has 0 heterocycles. The van der Waals surface area contributed by atoms with Crippen LogP contribution in [0.4, 0.5) is 5.69 Å². The van der Waals surface area contributed by atoms with Gasteiger partial charge in [-0.2, -0.15) is 0 Å². The SMILES string of the molecule is Cc1ccc(NC(=O)CN(C)C(=O)[C@@H](C)[NH+](C)Cc2ccccc2)cc1. The molecule has 0 aliphatic heterocycles. The Kier molecular flexibility index (Phi) is 6.92. The average Bonchev–Trinajstić information content (AvgIpc) is 2.63. The molecule has 2 aromatic rings. The summed E-state index contributed by atoms with van der Waals surface area (Å²) in [6, 6.07) is 17.4. The van der Waals surface area contributed by atoms with Crippen molar-refractivity contribution in [3.8, 4) is 0 Å². The van der Waals surface area contributed by atoms with Crippen molar-refractivity contribution < 1.29 is 14.5 Å². The van der Waals surface area contributed by atoms with E-state index in [4.69, 9.17) is 0 Å². The normalized spacial score (nSPS) is 12.9. The summed E-state index contributed by atoms with van der Waals surface area (Å²) in [7, 11) is 3.67. The Balaban J connectivity index is 1.86. The number of quaternary nitrogens is 1. The fourth-order valence-corrected chi connectivity index (χ4v) is 2.74. The van der Waals surface area contributed by atoms with E-state index >= 15 is 0 Å². The molecular weight excluding hydrogens is 326 g/mol. The maximum absolute atomic E-state index is 12.6. The zero-order valence-corrected chi connectivity index (χ0v) is 16.0. The van der Waals surface area contributed by atoms with Crippen LogP contribution in [0.5, 0.6) is 0 Å². The van der Waals surface area contributed by atoms with Gasteiger partial charge in [0.15, 0.2) is 6.04 Å². The largest absolute Gasteiger partial charge is 0.331 e. The number of anilines is 1. The fraction of sp³-hybridized carbons (Fsp3) is 0.333. The number of hydrogen-bond donors (Lipinski definition) is 2. The van der Waals surface area contributed by atoms with Gasteiger partial charge in [-0.1, -0.05) is 48.0 Å². The molecule has 26 heavy (non-hydrogen) atoms. The molecule has 1 unspecified atom stereocenters. The lowest BCUT2D eigenvalue weighted by molar-refractivity contribution is -0.908. The molecule has 0 saturated carbocycles. The second-order valence-electron chi connectivity index (χ2n) is 6.84. The van der Waals surface area contributed by atoms with Crippen LogP contribution in [0.3, 0.4) is 0 Å². The minimum Gasteiger partial charge on any atom is -0.331 e. The van der Waals surface area contributed by atoms with Gasteiger partial charge < -0.3 is 15.1 Å². The highest BCUT2D eigenvalue weighted by Gasteiger charge is 2.26. The summed E-state index contributed by atoms with van der Waals surface area (Å²) in [6.07, 6.45) is 0. The van der Waals surface area contributed by atoms with Gasteiger partial charge in [0.25, 0.3) is 5.91 Å². The number of nitrogens with one attached hydrogen (secondary N) is 2. The van der Waals surface area contributed by atoms with Crippen LogP contribution in [0.15, 0.2) is 54.6 Å². The molecular formula is C21H28N3O2+. The summed E-state index contributed by atoms with van der Waals surface area (Å²) >= 11 is 0. The highest BCUT2D eigenvalue weighted by atomic mass is 16.2. The first-order valence-electron chi connectivity index (χ1n) is 8.84.